The number of ketones is 1. The van der Waals surface area contributed by atoms with Gasteiger partial charge >= 0.3 is 0 Å². The molecule has 0 spiro atoms. The quantitative estimate of drug-likeness (QED) is 0.627. The second-order valence-electron chi connectivity index (χ2n) is 5.87. The maximum absolute atomic E-state index is 10.8. The Bertz CT molecular complexity index is 476. The van der Waals surface area contributed by atoms with E-state index in [1.54, 1.807) is 6.92 Å². The molecular formula is C19H29NO. The van der Waals surface area contributed by atoms with Gasteiger partial charge in [0.1, 0.15) is 5.78 Å². The number of unbranched alkanes of at least 4 members (excludes halogenated alkanes) is 4. The van der Waals surface area contributed by atoms with Crippen molar-refractivity contribution in [1.82, 2.24) is 5.32 Å². The molecule has 0 amide bonds. The zero-order valence-electron chi connectivity index (χ0n) is 13.8. The number of nitrogens with one attached hydrogen (secondary N) is 1. The standard InChI is InChI=1S/C19H29NO/c1-15-11-10-13-19(17(15)3)18(4)20-14-9-7-5-6-8-12-16(2)21/h10-11,13,20H,4-9,12,14H2,1-3H3. The fourth-order valence-electron chi connectivity index (χ4n) is 2.44. The van der Waals surface area contributed by atoms with Crippen molar-refractivity contribution in [2.45, 2.75) is 59.3 Å². The zero-order valence-corrected chi connectivity index (χ0v) is 13.8. The van der Waals surface area contributed by atoms with Gasteiger partial charge in [-0.1, -0.05) is 44.0 Å². The monoisotopic (exact) mass is 287 g/mol. The van der Waals surface area contributed by atoms with Gasteiger partial charge in [0.15, 0.2) is 0 Å². The Morgan fingerprint density at radius 3 is 2.48 bits per heavy atom. The van der Waals surface area contributed by atoms with E-state index >= 15 is 0 Å². The zero-order chi connectivity index (χ0) is 15.7. The van der Waals surface area contributed by atoms with Crippen LogP contribution < -0.4 is 5.32 Å². The summed E-state index contributed by atoms with van der Waals surface area (Å²) in [6.07, 6.45) is 6.52. The highest BCUT2D eigenvalue weighted by molar-refractivity contribution is 5.75. The van der Waals surface area contributed by atoms with Gasteiger partial charge in [-0.2, -0.15) is 0 Å². The molecule has 0 radical (unpaired) electrons. The Morgan fingerprint density at radius 1 is 1.10 bits per heavy atom. The second kappa shape index (κ2) is 9.38. The summed E-state index contributed by atoms with van der Waals surface area (Å²) in [6, 6.07) is 6.34. The van der Waals surface area contributed by atoms with E-state index < -0.39 is 0 Å². The van der Waals surface area contributed by atoms with Gasteiger partial charge in [0.25, 0.3) is 0 Å². The first kappa shape index (κ1) is 17.5. The van der Waals surface area contributed by atoms with Crippen molar-refractivity contribution in [3.63, 3.8) is 0 Å². The second-order valence-corrected chi connectivity index (χ2v) is 5.87. The van der Waals surface area contributed by atoms with Crippen molar-refractivity contribution in [2.75, 3.05) is 6.54 Å². The van der Waals surface area contributed by atoms with E-state index in [-0.39, 0.29) is 0 Å². The lowest BCUT2D eigenvalue weighted by Crippen LogP contribution is -2.13. The molecule has 0 fully saturated rings. The van der Waals surface area contributed by atoms with Crippen LogP contribution in [0.1, 0.15) is 62.1 Å². The van der Waals surface area contributed by atoms with Gasteiger partial charge in [-0.25, -0.2) is 0 Å². The van der Waals surface area contributed by atoms with Crippen molar-refractivity contribution >= 4 is 11.5 Å². The molecule has 116 valence electrons. The van der Waals surface area contributed by atoms with E-state index in [0.29, 0.717) is 5.78 Å². The van der Waals surface area contributed by atoms with Gasteiger partial charge < -0.3 is 10.1 Å². The van der Waals surface area contributed by atoms with E-state index in [1.165, 1.54) is 29.5 Å². The number of carbonyl (C=O) groups excluding carboxylic acids is 1. The third-order valence-corrected chi connectivity index (χ3v) is 3.97. The van der Waals surface area contributed by atoms with Crippen molar-refractivity contribution in [3.05, 3.63) is 41.5 Å². The molecule has 0 atom stereocenters. The third kappa shape index (κ3) is 6.61. The number of hydrogen-bond acceptors (Lipinski definition) is 2. The lowest BCUT2D eigenvalue weighted by Gasteiger charge is -2.13. The summed E-state index contributed by atoms with van der Waals surface area (Å²) in [5, 5.41) is 3.43. The fraction of sp³-hybridized carbons (Fsp3) is 0.526. The molecule has 0 bridgehead atoms. The number of rotatable bonds is 10. The molecule has 21 heavy (non-hydrogen) atoms. The molecule has 0 aliphatic rings. The number of carbonyl (C=O) groups is 1. The normalized spacial score (nSPS) is 10.4. The Morgan fingerprint density at radius 2 is 1.76 bits per heavy atom. The summed E-state index contributed by atoms with van der Waals surface area (Å²) in [7, 11) is 0. The molecule has 0 heterocycles. The van der Waals surface area contributed by atoms with Crippen LogP contribution in [0.15, 0.2) is 24.8 Å². The van der Waals surface area contributed by atoms with Gasteiger partial charge in [0.05, 0.1) is 0 Å². The minimum atomic E-state index is 0.307. The van der Waals surface area contributed by atoms with Gasteiger partial charge in [0, 0.05) is 24.2 Å². The molecule has 0 saturated heterocycles. The van der Waals surface area contributed by atoms with E-state index in [1.807, 2.05) is 0 Å². The highest BCUT2D eigenvalue weighted by atomic mass is 16.1. The summed E-state index contributed by atoms with van der Waals surface area (Å²) >= 11 is 0. The van der Waals surface area contributed by atoms with Crippen LogP contribution in [0.25, 0.3) is 5.70 Å². The molecule has 2 nitrogen and oxygen atoms in total. The first-order chi connectivity index (χ1) is 10.0. The van der Waals surface area contributed by atoms with Crippen molar-refractivity contribution < 1.29 is 4.79 Å². The van der Waals surface area contributed by atoms with Crippen LogP contribution in [0.4, 0.5) is 0 Å². The van der Waals surface area contributed by atoms with Gasteiger partial charge in [0.2, 0.25) is 0 Å². The van der Waals surface area contributed by atoms with E-state index in [0.717, 1.165) is 37.9 Å². The van der Waals surface area contributed by atoms with Gasteiger partial charge in [-0.15, -0.1) is 0 Å². The van der Waals surface area contributed by atoms with Crippen molar-refractivity contribution in [3.8, 4) is 0 Å². The van der Waals surface area contributed by atoms with Crippen LogP contribution >= 0.6 is 0 Å². The molecule has 1 aromatic rings. The fourth-order valence-corrected chi connectivity index (χ4v) is 2.44. The minimum Gasteiger partial charge on any atom is -0.385 e. The van der Waals surface area contributed by atoms with Crippen LogP contribution in [0, 0.1) is 13.8 Å². The lowest BCUT2D eigenvalue weighted by molar-refractivity contribution is -0.117. The molecule has 0 aromatic heterocycles. The average molecular weight is 287 g/mol. The third-order valence-electron chi connectivity index (χ3n) is 3.97. The Balaban J connectivity index is 2.17. The van der Waals surface area contributed by atoms with Gasteiger partial charge in [-0.3, -0.25) is 0 Å². The topological polar surface area (TPSA) is 29.1 Å². The number of hydrogen-bond donors (Lipinski definition) is 1. The highest BCUT2D eigenvalue weighted by Crippen LogP contribution is 2.18. The molecule has 0 aliphatic carbocycles. The van der Waals surface area contributed by atoms with Crippen molar-refractivity contribution in [2.24, 2.45) is 0 Å². The van der Waals surface area contributed by atoms with Crippen LogP contribution in [0.3, 0.4) is 0 Å². The lowest BCUT2D eigenvalue weighted by atomic mass is 10.0. The molecule has 1 rings (SSSR count). The largest absolute Gasteiger partial charge is 0.385 e. The summed E-state index contributed by atoms with van der Waals surface area (Å²) < 4.78 is 0. The van der Waals surface area contributed by atoms with E-state index in [2.05, 4.69) is 43.9 Å². The number of benzene rings is 1. The van der Waals surface area contributed by atoms with Crippen LogP contribution in [0.5, 0.6) is 0 Å². The molecule has 0 unspecified atom stereocenters. The summed E-state index contributed by atoms with van der Waals surface area (Å²) in [5.74, 6) is 0.307. The van der Waals surface area contributed by atoms with Crippen molar-refractivity contribution in [1.29, 1.82) is 0 Å². The van der Waals surface area contributed by atoms with Crippen LogP contribution in [0.2, 0.25) is 0 Å². The van der Waals surface area contributed by atoms with E-state index in [4.69, 9.17) is 0 Å². The molecule has 2 heteroatoms. The highest BCUT2D eigenvalue weighted by Gasteiger charge is 2.03. The van der Waals surface area contributed by atoms with Crippen LogP contribution in [-0.4, -0.2) is 12.3 Å². The summed E-state index contributed by atoms with van der Waals surface area (Å²) in [5.41, 5.74) is 4.85. The first-order valence-corrected chi connectivity index (χ1v) is 8.01. The molecule has 0 aliphatic heterocycles. The molecule has 0 saturated carbocycles. The van der Waals surface area contributed by atoms with Crippen LogP contribution in [-0.2, 0) is 4.79 Å². The maximum Gasteiger partial charge on any atom is 0.129 e. The molecule has 1 aromatic carbocycles. The Labute approximate surface area is 129 Å². The summed E-state index contributed by atoms with van der Waals surface area (Å²) in [6.45, 7) is 11.1. The number of Topliss-reactive ketones (excluding diaryl/α,β-unsaturated/α-hetero) is 1. The van der Waals surface area contributed by atoms with Gasteiger partial charge in [-0.05, 0) is 44.7 Å². The molecule has 1 N–H and O–H groups in total. The summed E-state index contributed by atoms with van der Waals surface area (Å²) in [4.78, 5) is 10.8. The average Bonchev–Trinajstić information content (AvgIpc) is 2.44. The first-order valence-electron chi connectivity index (χ1n) is 8.01. The Hall–Kier alpha value is -1.57. The Kier molecular flexibility index (Phi) is 7.81. The smallest absolute Gasteiger partial charge is 0.129 e. The SMILES string of the molecule is C=C(NCCCCCCCC(C)=O)c1cccc(C)c1C. The molecular weight excluding hydrogens is 258 g/mol. The minimum absolute atomic E-state index is 0.307. The predicted molar refractivity (Wildman–Crippen MR) is 91.3 cm³/mol. The number of aryl methyl sites for hydroxylation is 1. The predicted octanol–water partition coefficient (Wildman–Crippen LogP) is 4.79. The van der Waals surface area contributed by atoms with E-state index in [9.17, 15) is 4.79 Å². The maximum atomic E-state index is 10.8.